The fourth-order valence-electron chi connectivity index (χ4n) is 2.43. The Morgan fingerprint density at radius 1 is 1.33 bits per heavy atom. The Hall–Kier alpha value is -1.30. The largest absolute Gasteiger partial charge is 0.321 e. The smallest absolute Gasteiger partial charge is 0.265 e. The van der Waals surface area contributed by atoms with Crippen molar-refractivity contribution in [2.24, 2.45) is 0 Å². The van der Waals surface area contributed by atoms with Gasteiger partial charge in [0, 0.05) is 22.9 Å². The molecular formula is C16H18N2OS2. The molecule has 0 aliphatic carbocycles. The molecule has 0 radical (unpaired) electrons. The molecule has 2 aromatic rings. The fraction of sp³-hybridized carbons (Fsp3) is 0.312. The van der Waals surface area contributed by atoms with Crippen LogP contribution in [0.2, 0.25) is 0 Å². The van der Waals surface area contributed by atoms with Crippen LogP contribution in [0.25, 0.3) is 0 Å². The zero-order valence-corrected chi connectivity index (χ0v) is 13.6. The van der Waals surface area contributed by atoms with Crippen LogP contribution in [0.15, 0.2) is 30.3 Å². The van der Waals surface area contributed by atoms with E-state index in [1.165, 1.54) is 16.2 Å². The second-order valence-corrected chi connectivity index (χ2v) is 7.25. The number of benzene rings is 1. The molecule has 3 rings (SSSR count). The summed E-state index contributed by atoms with van der Waals surface area (Å²) in [5.74, 6) is 2.21. The number of rotatable bonds is 4. The first-order valence-electron chi connectivity index (χ1n) is 7.01. The highest BCUT2D eigenvalue weighted by atomic mass is 32.2. The van der Waals surface area contributed by atoms with Gasteiger partial charge in [-0.3, -0.25) is 4.79 Å². The van der Waals surface area contributed by atoms with E-state index in [9.17, 15) is 4.79 Å². The van der Waals surface area contributed by atoms with Gasteiger partial charge < -0.3 is 10.6 Å². The van der Waals surface area contributed by atoms with Crippen LogP contribution in [-0.2, 0) is 18.7 Å². The molecule has 0 spiro atoms. The van der Waals surface area contributed by atoms with Gasteiger partial charge in [-0.1, -0.05) is 18.2 Å². The number of aryl methyl sites for hydroxylation is 1. The molecule has 1 aliphatic rings. The molecule has 21 heavy (non-hydrogen) atoms. The number of amides is 1. The highest BCUT2D eigenvalue weighted by molar-refractivity contribution is 7.98. The van der Waals surface area contributed by atoms with E-state index in [2.05, 4.69) is 16.7 Å². The van der Waals surface area contributed by atoms with Crippen LogP contribution in [0, 0.1) is 0 Å². The van der Waals surface area contributed by atoms with Gasteiger partial charge in [-0.15, -0.1) is 11.3 Å². The first-order valence-corrected chi connectivity index (χ1v) is 8.98. The molecule has 1 aliphatic heterocycles. The maximum atomic E-state index is 12.5. The van der Waals surface area contributed by atoms with Crippen LogP contribution in [0.1, 0.15) is 25.7 Å². The standard InChI is InChI=1S/C16H18N2OS2/c1-17-9-11-4-2-3-5-13(11)18-16(19)15-8-12-10-20-7-6-14(12)21-15/h2-5,8,17H,6-7,9-10H2,1H3,(H,18,19). The summed E-state index contributed by atoms with van der Waals surface area (Å²) < 4.78 is 0. The highest BCUT2D eigenvalue weighted by Crippen LogP contribution is 2.32. The predicted molar refractivity (Wildman–Crippen MR) is 91.3 cm³/mol. The third-order valence-electron chi connectivity index (χ3n) is 3.48. The molecular weight excluding hydrogens is 300 g/mol. The Morgan fingerprint density at radius 3 is 3.00 bits per heavy atom. The molecule has 5 heteroatoms. The van der Waals surface area contributed by atoms with Crippen molar-refractivity contribution in [2.75, 3.05) is 18.1 Å². The van der Waals surface area contributed by atoms with Crippen molar-refractivity contribution in [1.29, 1.82) is 0 Å². The zero-order valence-electron chi connectivity index (χ0n) is 11.9. The maximum absolute atomic E-state index is 12.5. The molecule has 1 aromatic heterocycles. The molecule has 0 saturated carbocycles. The number of thiophene rings is 1. The summed E-state index contributed by atoms with van der Waals surface area (Å²) >= 11 is 3.58. The van der Waals surface area contributed by atoms with E-state index in [0.29, 0.717) is 0 Å². The summed E-state index contributed by atoms with van der Waals surface area (Å²) in [5, 5.41) is 6.17. The lowest BCUT2D eigenvalue weighted by Crippen LogP contribution is -2.14. The molecule has 1 amide bonds. The average molecular weight is 318 g/mol. The van der Waals surface area contributed by atoms with Crippen LogP contribution in [-0.4, -0.2) is 18.7 Å². The van der Waals surface area contributed by atoms with Crippen molar-refractivity contribution in [2.45, 2.75) is 18.7 Å². The highest BCUT2D eigenvalue weighted by Gasteiger charge is 2.18. The number of carbonyl (C=O) groups excluding carboxylic acids is 1. The Balaban J connectivity index is 1.78. The molecule has 0 unspecified atom stereocenters. The SMILES string of the molecule is CNCc1ccccc1NC(=O)c1cc2c(s1)CCSC2. The maximum Gasteiger partial charge on any atom is 0.265 e. The summed E-state index contributed by atoms with van der Waals surface area (Å²) in [6.45, 7) is 0.744. The van der Waals surface area contributed by atoms with Crippen molar-refractivity contribution in [3.63, 3.8) is 0 Å². The quantitative estimate of drug-likeness (QED) is 0.906. The van der Waals surface area contributed by atoms with Crippen LogP contribution < -0.4 is 10.6 Å². The second kappa shape index (κ2) is 6.64. The number of fused-ring (bicyclic) bond motifs is 1. The van der Waals surface area contributed by atoms with Gasteiger partial charge >= 0.3 is 0 Å². The minimum Gasteiger partial charge on any atom is -0.321 e. The summed E-state index contributed by atoms with van der Waals surface area (Å²) in [7, 11) is 1.91. The van der Waals surface area contributed by atoms with Crippen molar-refractivity contribution >= 4 is 34.7 Å². The molecule has 0 bridgehead atoms. The average Bonchev–Trinajstić information content (AvgIpc) is 2.93. The first kappa shape index (κ1) is 14.6. The lowest BCUT2D eigenvalue weighted by molar-refractivity contribution is 0.103. The van der Waals surface area contributed by atoms with Crippen LogP contribution >= 0.6 is 23.1 Å². The molecule has 2 N–H and O–H groups in total. The van der Waals surface area contributed by atoms with Crippen molar-refractivity contribution < 1.29 is 4.79 Å². The predicted octanol–water partition coefficient (Wildman–Crippen LogP) is 3.51. The van der Waals surface area contributed by atoms with Crippen molar-refractivity contribution in [1.82, 2.24) is 5.32 Å². The van der Waals surface area contributed by atoms with E-state index in [1.54, 1.807) is 11.3 Å². The summed E-state index contributed by atoms with van der Waals surface area (Å²) in [4.78, 5) is 14.7. The van der Waals surface area contributed by atoms with Crippen molar-refractivity contribution in [3.05, 3.63) is 51.2 Å². The Labute approximate surface area is 133 Å². The Bertz CT molecular complexity index is 628. The molecule has 0 saturated heterocycles. The Kier molecular flexibility index (Phi) is 4.63. The van der Waals surface area contributed by atoms with Crippen LogP contribution in [0.3, 0.4) is 0 Å². The Morgan fingerprint density at radius 2 is 2.19 bits per heavy atom. The molecule has 110 valence electrons. The topological polar surface area (TPSA) is 41.1 Å². The van der Waals surface area contributed by atoms with Crippen LogP contribution in [0.4, 0.5) is 5.69 Å². The van der Waals surface area contributed by atoms with Gasteiger partial charge in [-0.2, -0.15) is 11.8 Å². The third kappa shape index (κ3) is 3.31. The zero-order chi connectivity index (χ0) is 14.7. The minimum atomic E-state index is 0.00273. The van der Waals surface area contributed by atoms with Crippen molar-refractivity contribution in [3.8, 4) is 0 Å². The minimum absolute atomic E-state index is 0.00273. The number of hydrogen-bond donors (Lipinski definition) is 2. The molecule has 2 heterocycles. The molecule has 1 aromatic carbocycles. The van der Waals surface area contributed by atoms with E-state index in [0.717, 1.165) is 34.8 Å². The molecule has 0 fully saturated rings. The summed E-state index contributed by atoms with van der Waals surface area (Å²) in [6.07, 6.45) is 1.09. The summed E-state index contributed by atoms with van der Waals surface area (Å²) in [6, 6.07) is 9.98. The molecule has 3 nitrogen and oxygen atoms in total. The van der Waals surface area contributed by atoms with E-state index < -0.39 is 0 Å². The lowest BCUT2D eigenvalue weighted by atomic mass is 10.1. The van der Waals surface area contributed by atoms with E-state index >= 15 is 0 Å². The van der Waals surface area contributed by atoms with E-state index in [1.807, 2.05) is 43.1 Å². The number of para-hydroxylation sites is 1. The van der Waals surface area contributed by atoms with Gasteiger partial charge in [-0.05, 0) is 42.5 Å². The number of anilines is 1. The van der Waals surface area contributed by atoms with Gasteiger partial charge in [0.25, 0.3) is 5.91 Å². The number of hydrogen-bond acceptors (Lipinski definition) is 4. The van der Waals surface area contributed by atoms with Gasteiger partial charge in [0.1, 0.15) is 0 Å². The number of thioether (sulfide) groups is 1. The third-order valence-corrected chi connectivity index (χ3v) is 5.73. The lowest BCUT2D eigenvalue weighted by Gasteiger charge is -2.09. The van der Waals surface area contributed by atoms with Gasteiger partial charge in [0.05, 0.1) is 4.88 Å². The first-order chi connectivity index (χ1) is 10.3. The monoisotopic (exact) mass is 318 g/mol. The number of nitrogens with one attached hydrogen (secondary N) is 2. The van der Waals surface area contributed by atoms with Gasteiger partial charge in [-0.25, -0.2) is 0 Å². The molecule has 0 atom stereocenters. The fourth-order valence-corrected chi connectivity index (χ4v) is 4.70. The van der Waals surface area contributed by atoms with E-state index in [-0.39, 0.29) is 5.91 Å². The van der Waals surface area contributed by atoms with Gasteiger partial charge in [0.15, 0.2) is 0 Å². The summed E-state index contributed by atoms with van der Waals surface area (Å²) in [5.41, 5.74) is 3.33. The second-order valence-electron chi connectivity index (χ2n) is 5.00. The normalized spacial score (nSPS) is 13.8. The number of carbonyl (C=O) groups is 1. The van der Waals surface area contributed by atoms with Crippen LogP contribution in [0.5, 0.6) is 0 Å². The van der Waals surface area contributed by atoms with Gasteiger partial charge in [0.2, 0.25) is 0 Å². The van der Waals surface area contributed by atoms with E-state index in [4.69, 9.17) is 0 Å².